The molecule has 9 heteroatoms. The zero-order chi connectivity index (χ0) is 11.8. The normalized spacial score (nSPS) is 9.94. The molecule has 0 saturated heterocycles. The van der Waals surface area contributed by atoms with E-state index < -0.39 is 0 Å². The molecule has 1 aromatic heterocycles. The van der Waals surface area contributed by atoms with Gasteiger partial charge >= 0.3 is 0 Å². The molecule has 0 amide bonds. The monoisotopic (exact) mass is 230 g/mol. The molecule has 0 radical (unpaired) electrons. The Kier molecular flexibility index (Phi) is 5.19. The third-order valence-electron chi connectivity index (χ3n) is 1.48. The van der Waals surface area contributed by atoms with E-state index in [0.717, 1.165) is 0 Å². The minimum Gasteiger partial charge on any atom is -0.376 e. The van der Waals surface area contributed by atoms with Crippen LogP contribution in [0.1, 0.15) is 0 Å². The van der Waals surface area contributed by atoms with Crippen LogP contribution in [0, 0.1) is 0 Å². The topological polar surface area (TPSA) is 124 Å². The fourth-order valence-corrected chi connectivity index (χ4v) is 0.891. The second-order valence-corrected chi connectivity index (χ2v) is 2.59. The number of methoxy groups -OCH3 is 1. The second kappa shape index (κ2) is 6.71. The van der Waals surface area contributed by atoms with Crippen LogP contribution in [0.25, 0.3) is 0 Å². The van der Waals surface area contributed by atoms with Crippen LogP contribution in [0.4, 0.5) is 17.8 Å². The average molecular weight is 230 g/mol. The van der Waals surface area contributed by atoms with Crippen LogP contribution < -0.4 is 16.0 Å². The maximum absolute atomic E-state index is 8.68. The Bertz CT molecular complexity index is 299. The molecule has 0 aliphatic rings. The number of nitrogens with zero attached hydrogens (tertiary/aromatic N) is 3. The molecule has 0 fully saturated rings. The highest BCUT2D eigenvalue weighted by molar-refractivity contribution is 5.41. The zero-order valence-corrected chi connectivity index (χ0v) is 8.77. The highest BCUT2D eigenvalue weighted by Gasteiger charge is 2.04. The van der Waals surface area contributed by atoms with E-state index in [1.54, 1.807) is 0 Å². The smallest absolute Gasteiger partial charge is 0.231 e. The Morgan fingerprint density at radius 2 is 1.38 bits per heavy atom. The third kappa shape index (κ3) is 3.81. The van der Waals surface area contributed by atoms with Gasteiger partial charge in [-0.05, 0) is 0 Å². The second-order valence-electron chi connectivity index (χ2n) is 2.59. The maximum Gasteiger partial charge on any atom is 0.231 e. The lowest BCUT2D eigenvalue weighted by atomic mass is 10.8. The van der Waals surface area contributed by atoms with Gasteiger partial charge in [0.1, 0.15) is 20.2 Å². The van der Waals surface area contributed by atoms with Crippen molar-refractivity contribution in [2.45, 2.75) is 0 Å². The average Bonchev–Trinajstić information content (AvgIpc) is 2.27. The summed E-state index contributed by atoms with van der Waals surface area (Å²) in [6.45, 7) is -0.361. The Morgan fingerprint density at radius 1 is 0.938 bits per heavy atom. The summed E-state index contributed by atoms with van der Waals surface area (Å²) in [5, 5.41) is 25.2. The van der Waals surface area contributed by atoms with E-state index in [2.05, 4.69) is 30.9 Å². The molecule has 0 aliphatic heterocycles. The zero-order valence-electron chi connectivity index (χ0n) is 8.77. The van der Waals surface area contributed by atoms with Gasteiger partial charge in [-0.25, -0.2) is 0 Å². The lowest BCUT2D eigenvalue weighted by Gasteiger charge is -2.08. The first kappa shape index (κ1) is 12.4. The van der Waals surface area contributed by atoms with Crippen LogP contribution in [0.5, 0.6) is 0 Å². The number of aliphatic hydroxyl groups is 2. The standard InChI is InChI=1S/C7H14N6O3/c1-16-4-10-7-12-5(8-2-14)11-6(13-7)9-3-15/h14-15H,2-4H2,1H3,(H3,8,9,10,11,12,13). The molecule has 0 bridgehead atoms. The predicted molar refractivity (Wildman–Crippen MR) is 56.7 cm³/mol. The van der Waals surface area contributed by atoms with Crippen LogP contribution in [0.15, 0.2) is 0 Å². The molecule has 0 aliphatic carbocycles. The first-order chi connectivity index (χ1) is 7.80. The van der Waals surface area contributed by atoms with E-state index in [4.69, 9.17) is 14.9 Å². The summed E-state index contributed by atoms with van der Waals surface area (Å²) in [6, 6.07) is 0. The van der Waals surface area contributed by atoms with Crippen molar-refractivity contribution in [1.82, 2.24) is 15.0 Å². The van der Waals surface area contributed by atoms with Crippen molar-refractivity contribution in [1.29, 1.82) is 0 Å². The van der Waals surface area contributed by atoms with E-state index in [0.29, 0.717) is 0 Å². The molecule has 9 nitrogen and oxygen atoms in total. The molecule has 0 atom stereocenters. The van der Waals surface area contributed by atoms with Crippen LogP contribution in [0.3, 0.4) is 0 Å². The van der Waals surface area contributed by atoms with Crippen molar-refractivity contribution in [3.63, 3.8) is 0 Å². The number of hydrogen-bond acceptors (Lipinski definition) is 9. The van der Waals surface area contributed by atoms with E-state index >= 15 is 0 Å². The maximum atomic E-state index is 8.68. The summed E-state index contributed by atoms with van der Waals surface area (Å²) in [5.74, 6) is 0.642. The third-order valence-corrected chi connectivity index (χ3v) is 1.48. The quantitative estimate of drug-likeness (QED) is 0.360. The molecule has 5 N–H and O–H groups in total. The van der Waals surface area contributed by atoms with Gasteiger partial charge in [0.15, 0.2) is 0 Å². The Balaban J connectivity index is 2.80. The summed E-state index contributed by atoms with van der Waals surface area (Å²) in [6.07, 6.45) is 0. The Hall–Kier alpha value is -1.71. The number of aliphatic hydroxyl groups excluding tert-OH is 2. The van der Waals surface area contributed by atoms with Gasteiger partial charge in [0.25, 0.3) is 0 Å². The van der Waals surface area contributed by atoms with Gasteiger partial charge in [0.05, 0.1) is 0 Å². The van der Waals surface area contributed by atoms with Crippen molar-refractivity contribution in [3.05, 3.63) is 0 Å². The largest absolute Gasteiger partial charge is 0.376 e. The van der Waals surface area contributed by atoms with Gasteiger partial charge in [-0.15, -0.1) is 0 Å². The van der Waals surface area contributed by atoms with Crippen molar-refractivity contribution >= 4 is 17.8 Å². The molecule has 0 spiro atoms. The molecule has 90 valence electrons. The molecule has 0 unspecified atom stereocenters. The van der Waals surface area contributed by atoms with Gasteiger partial charge in [-0.3, -0.25) is 0 Å². The summed E-state index contributed by atoms with van der Waals surface area (Å²) in [4.78, 5) is 11.7. The van der Waals surface area contributed by atoms with Crippen molar-refractivity contribution in [2.24, 2.45) is 0 Å². The summed E-state index contributed by atoms with van der Waals surface area (Å²) < 4.78 is 4.79. The molecule has 0 saturated carbocycles. The van der Waals surface area contributed by atoms with E-state index in [-0.39, 0.29) is 38.0 Å². The van der Waals surface area contributed by atoms with E-state index in [9.17, 15) is 0 Å². The lowest BCUT2D eigenvalue weighted by molar-refractivity contribution is 0.220. The first-order valence-corrected chi connectivity index (χ1v) is 4.48. The summed E-state index contributed by atoms with van der Waals surface area (Å²) >= 11 is 0. The van der Waals surface area contributed by atoms with E-state index in [1.807, 2.05) is 0 Å². The number of rotatable bonds is 7. The molecule has 16 heavy (non-hydrogen) atoms. The van der Waals surface area contributed by atoms with Gasteiger partial charge in [-0.1, -0.05) is 0 Å². The Labute approximate surface area is 91.9 Å². The Morgan fingerprint density at radius 3 is 1.75 bits per heavy atom. The molecule has 0 aromatic carbocycles. The molecule has 1 heterocycles. The molecule has 1 aromatic rings. The van der Waals surface area contributed by atoms with Crippen LogP contribution in [-0.2, 0) is 4.74 Å². The highest BCUT2D eigenvalue weighted by atomic mass is 16.5. The predicted octanol–water partition coefficient (Wildman–Crippen LogP) is -1.39. The summed E-state index contributed by atoms with van der Waals surface area (Å²) in [5.41, 5.74) is 0. The van der Waals surface area contributed by atoms with Gasteiger partial charge in [0, 0.05) is 7.11 Å². The van der Waals surface area contributed by atoms with E-state index in [1.165, 1.54) is 7.11 Å². The highest BCUT2D eigenvalue weighted by Crippen LogP contribution is 2.08. The fraction of sp³-hybridized carbons (Fsp3) is 0.571. The number of anilines is 3. The fourth-order valence-electron chi connectivity index (χ4n) is 0.891. The van der Waals surface area contributed by atoms with Gasteiger partial charge < -0.3 is 30.9 Å². The minimum atomic E-state index is -0.299. The van der Waals surface area contributed by atoms with Crippen LogP contribution >= 0.6 is 0 Å². The molecular formula is C7H14N6O3. The minimum absolute atomic E-state index is 0.187. The number of hydrogen-bond donors (Lipinski definition) is 5. The van der Waals surface area contributed by atoms with Crippen molar-refractivity contribution in [3.8, 4) is 0 Å². The SMILES string of the molecule is COCNc1nc(NCO)nc(NCO)n1. The first-order valence-electron chi connectivity index (χ1n) is 4.48. The molecule has 1 rings (SSSR count). The number of nitrogens with one attached hydrogen (secondary N) is 3. The number of ether oxygens (including phenoxy) is 1. The van der Waals surface area contributed by atoms with Crippen molar-refractivity contribution < 1.29 is 14.9 Å². The number of aromatic nitrogens is 3. The molecular weight excluding hydrogens is 216 g/mol. The lowest BCUT2D eigenvalue weighted by Crippen LogP contribution is -2.14. The van der Waals surface area contributed by atoms with Crippen LogP contribution in [-0.4, -0.2) is 52.5 Å². The van der Waals surface area contributed by atoms with Crippen molar-refractivity contribution in [2.75, 3.05) is 43.3 Å². The van der Waals surface area contributed by atoms with Gasteiger partial charge in [0.2, 0.25) is 17.8 Å². The summed E-state index contributed by atoms with van der Waals surface area (Å²) in [7, 11) is 1.52. The van der Waals surface area contributed by atoms with Crippen LogP contribution in [0.2, 0.25) is 0 Å². The van der Waals surface area contributed by atoms with Gasteiger partial charge in [-0.2, -0.15) is 15.0 Å².